The fraction of sp³-hybridized carbons (Fsp3) is 0.286. The third-order valence-electron chi connectivity index (χ3n) is 5.04. The summed E-state index contributed by atoms with van der Waals surface area (Å²) in [5.74, 6) is -2.40. The molecule has 1 heterocycles. The Labute approximate surface area is 164 Å². The Bertz CT molecular complexity index is 1110. The summed E-state index contributed by atoms with van der Waals surface area (Å²) in [5, 5.41) is 1.05. The second-order valence-electron chi connectivity index (χ2n) is 6.87. The van der Waals surface area contributed by atoms with Crippen molar-refractivity contribution in [2.75, 3.05) is 5.75 Å². The molecule has 1 aliphatic rings. The fourth-order valence-electron chi connectivity index (χ4n) is 3.59. The standard InChI is InChI=1S/C21H18F2N2O2S/c22-16-10-9-13(11-17(16)23)19(26)12-28-21-24-18-8-4-3-7-15(18)20(27)25(21)14-5-1-2-6-14/h3-4,7-11,14H,1-2,5-6,12H2. The number of rotatable bonds is 5. The van der Waals surface area contributed by atoms with Gasteiger partial charge >= 0.3 is 0 Å². The van der Waals surface area contributed by atoms with Crippen LogP contribution < -0.4 is 5.56 Å². The van der Waals surface area contributed by atoms with Gasteiger partial charge in [0, 0.05) is 11.6 Å². The lowest BCUT2D eigenvalue weighted by Crippen LogP contribution is -2.26. The first-order chi connectivity index (χ1) is 13.5. The average Bonchev–Trinajstić information content (AvgIpc) is 3.22. The van der Waals surface area contributed by atoms with Gasteiger partial charge in [0.1, 0.15) is 0 Å². The molecule has 0 radical (unpaired) electrons. The van der Waals surface area contributed by atoms with E-state index in [0.717, 1.165) is 49.6 Å². The zero-order valence-corrected chi connectivity index (χ0v) is 15.8. The zero-order chi connectivity index (χ0) is 19.7. The Morgan fingerprint density at radius 3 is 2.61 bits per heavy atom. The van der Waals surface area contributed by atoms with E-state index in [-0.39, 0.29) is 28.7 Å². The van der Waals surface area contributed by atoms with Crippen LogP contribution in [0.4, 0.5) is 8.78 Å². The van der Waals surface area contributed by atoms with Crippen molar-refractivity contribution in [2.24, 2.45) is 0 Å². The first-order valence-corrected chi connectivity index (χ1v) is 10.2. The molecule has 1 aliphatic carbocycles. The minimum absolute atomic E-state index is 0.0113. The minimum atomic E-state index is -1.05. The monoisotopic (exact) mass is 400 g/mol. The number of hydrogen-bond donors (Lipinski definition) is 0. The van der Waals surface area contributed by atoms with Gasteiger partial charge in [0.2, 0.25) is 0 Å². The predicted molar refractivity (Wildman–Crippen MR) is 105 cm³/mol. The molecule has 3 aromatic rings. The summed E-state index contributed by atoms with van der Waals surface area (Å²) in [6, 6.07) is 10.3. The van der Waals surface area contributed by atoms with Crippen LogP contribution >= 0.6 is 11.8 Å². The lowest BCUT2D eigenvalue weighted by atomic mass is 10.1. The second-order valence-corrected chi connectivity index (χ2v) is 7.81. The van der Waals surface area contributed by atoms with Gasteiger partial charge in [-0.1, -0.05) is 36.7 Å². The number of aromatic nitrogens is 2. The van der Waals surface area contributed by atoms with E-state index in [1.54, 1.807) is 16.7 Å². The van der Waals surface area contributed by atoms with Crippen LogP contribution in [0.15, 0.2) is 52.4 Å². The molecule has 1 aromatic heterocycles. The Morgan fingerprint density at radius 1 is 1.11 bits per heavy atom. The summed E-state index contributed by atoms with van der Waals surface area (Å²) in [4.78, 5) is 30.1. The van der Waals surface area contributed by atoms with Crippen LogP contribution in [0.3, 0.4) is 0 Å². The molecule has 0 spiro atoms. The normalized spacial score (nSPS) is 14.6. The number of carbonyl (C=O) groups excluding carboxylic acids is 1. The number of ketones is 1. The van der Waals surface area contributed by atoms with E-state index in [1.165, 1.54) is 6.07 Å². The molecule has 0 amide bonds. The van der Waals surface area contributed by atoms with E-state index >= 15 is 0 Å². The number of Topliss-reactive ketones (excluding diaryl/α,β-unsaturated/α-hetero) is 1. The molecule has 0 N–H and O–H groups in total. The van der Waals surface area contributed by atoms with Crippen LogP contribution in [0, 0.1) is 11.6 Å². The largest absolute Gasteiger partial charge is 0.293 e. The van der Waals surface area contributed by atoms with Crippen LogP contribution in [0.2, 0.25) is 0 Å². The molecular weight excluding hydrogens is 382 g/mol. The van der Waals surface area contributed by atoms with Gasteiger partial charge < -0.3 is 0 Å². The van der Waals surface area contributed by atoms with Crippen molar-refractivity contribution in [3.63, 3.8) is 0 Å². The van der Waals surface area contributed by atoms with Crippen LogP contribution in [0.25, 0.3) is 10.9 Å². The smallest absolute Gasteiger partial charge is 0.262 e. The lowest BCUT2D eigenvalue weighted by Gasteiger charge is -2.18. The number of halogens is 2. The maximum atomic E-state index is 13.4. The summed E-state index contributed by atoms with van der Waals surface area (Å²) in [6.45, 7) is 0. The van der Waals surface area contributed by atoms with Crippen molar-refractivity contribution < 1.29 is 13.6 Å². The van der Waals surface area contributed by atoms with Gasteiger partial charge in [-0.3, -0.25) is 14.2 Å². The van der Waals surface area contributed by atoms with E-state index in [1.807, 2.05) is 12.1 Å². The van der Waals surface area contributed by atoms with Crippen LogP contribution in [0.1, 0.15) is 42.1 Å². The minimum Gasteiger partial charge on any atom is -0.293 e. The van der Waals surface area contributed by atoms with Gasteiger partial charge in [0.25, 0.3) is 5.56 Å². The predicted octanol–water partition coefficient (Wildman–Crippen LogP) is 4.76. The molecule has 0 bridgehead atoms. The highest BCUT2D eigenvalue weighted by Gasteiger charge is 2.23. The number of thioether (sulfide) groups is 1. The quantitative estimate of drug-likeness (QED) is 0.352. The van der Waals surface area contributed by atoms with Crippen molar-refractivity contribution in [3.8, 4) is 0 Å². The lowest BCUT2D eigenvalue weighted by molar-refractivity contribution is 0.102. The number of benzene rings is 2. The Morgan fingerprint density at radius 2 is 1.86 bits per heavy atom. The second kappa shape index (κ2) is 7.83. The SMILES string of the molecule is O=C(CSc1nc2ccccc2c(=O)n1C1CCCC1)c1ccc(F)c(F)c1. The van der Waals surface area contributed by atoms with Gasteiger partial charge in [0.15, 0.2) is 22.6 Å². The summed E-state index contributed by atoms with van der Waals surface area (Å²) < 4.78 is 28.2. The van der Waals surface area contributed by atoms with Gasteiger partial charge in [0.05, 0.1) is 16.7 Å². The van der Waals surface area contributed by atoms with E-state index in [2.05, 4.69) is 4.98 Å². The molecule has 0 saturated heterocycles. The van der Waals surface area contributed by atoms with Crippen LogP contribution in [-0.2, 0) is 0 Å². The molecule has 28 heavy (non-hydrogen) atoms. The van der Waals surface area contributed by atoms with Crippen LogP contribution in [0.5, 0.6) is 0 Å². The van der Waals surface area contributed by atoms with Gasteiger partial charge in [-0.2, -0.15) is 0 Å². The Hall–Kier alpha value is -2.54. The number of nitrogens with zero attached hydrogens (tertiary/aromatic N) is 2. The van der Waals surface area contributed by atoms with Gasteiger partial charge in [-0.25, -0.2) is 13.8 Å². The molecule has 0 aliphatic heterocycles. The summed E-state index contributed by atoms with van der Waals surface area (Å²) >= 11 is 1.16. The number of fused-ring (bicyclic) bond motifs is 1. The maximum Gasteiger partial charge on any atom is 0.262 e. The van der Waals surface area contributed by atoms with Crippen molar-refractivity contribution in [2.45, 2.75) is 36.9 Å². The molecule has 144 valence electrons. The Kier molecular flexibility index (Phi) is 5.26. The van der Waals surface area contributed by atoms with Crippen molar-refractivity contribution in [3.05, 3.63) is 70.0 Å². The van der Waals surface area contributed by atoms with E-state index in [0.29, 0.717) is 16.1 Å². The summed E-state index contributed by atoms with van der Waals surface area (Å²) in [7, 11) is 0. The first kappa shape index (κ1) is 18.8. The Balaban J connectivity index is 1.67. The van der Waals surface area contributed by atoms with Crippen molar-refractivity contribution >= 4 is 28.4 Å². The third-order valence-corrected chi connectivity index (χ3v) is 5.99. The summed E-state index contributed by atoms with van der Waals surface area (Å²) in [6.07, 6.45) is 3.93. The van der Waals surface area contributed by atoms with Crippen molar-refractivity contribution in [1.29, 1.82) is 0 Å². The molecule has 1 saturated carbocycles. The number of carbonyl (C=O) groups is 1. The molecular formula is C21H18F2N2O2S. The topological polar surface area (TPSA) is 52.0 Å². The third kappa shape index (κ3) is 3.58. The van der Waals surface area contributed by atoms with Crippen LogP contribution in [-0.4, -0.2) is 21.1 Å². The zero-order valence-electron chi connectivity index (χ0n) is 15.0. The highest BCUT2D eigenvalue weighted by molar-refractivity contribution is 7.99. The highest BCUT2D eigenvalue weighted by atomic mass is 32.2. The highest BCUT2D eigenvalue weighted by Crippen LogP contribution is 2.32. The van der Waals surface area contributed by atoms with Gasteiger partial charge in [-0.15, -0.1) is 0 Å². The molecule has 0 atom stereocenters. The molecule has 2 aromatic carbocycles. The first-order valence-electron chi connectivity index (χ1n) is 9.17. The van der Waals surface area contributed by atoms with Crippen molar-refractivity contribution in [1.82, 2.24) is 9.55 Å². The van der Waals surface area contributed by atoms with Gasteiger partial charge in [-0.05, 0) is 43.2 Å². The molecule has 4 nitrogen and oxygen atoms in total. The molecule has 7 heteroatoms. The molecule has 1 fully saturated rings. The fourth-order valence-corrected chi connectivity index (χ4v) is 4.56. The van der Waals surface area contributed by atoms with E-state index in [9.17, 15) is 18.4 Å². The average molecular weight is 400 g/mol. The number of hydrogen-bond acceptors (Lipinski definition) is 4. The van der Waals surface area contributed by atoms with E-state index < -0.39 is 11.6 Å². The van der Waals surface area contributed by atoms with E-state index in [4.69, 9.17) is 0 Å². The maximum absolute atomic E-state index is 13.4. The molecule has 0 unspecified atom stereocenters. The number of para-hydroxylation sites is 1. The summed E-state index contributed by atoms with van der Waals surface area (Å²) in [5.41, 5.74) is 0.590. The molecule has 4 rings (SSSR count).